The highest BCUT2D eigenvalue weighted by molar-refractivity contribution is 5.96. The minimum atomic E-state index is -0.183. The maximum absolute atomic E-state index is 12.5. The zero-order chi connectivity index (χ0) is 25.2. The van der Waals surface area contributed by atoms with Gasteiger partial charge in [-0.15, -0.1) is 0 Å². The van der Waals surface area contributed by atoms with Crippen LogP contribution in [0.15, 0.2) is 40.6 Å². The molecule has 3 rings (SSSR count). The molecule has 1 N–H and O–H groups in total. The maximum atomic E-state index is 12.5. The van der Waals surface area contributed by atoms with E-state index < -0.39 is 0 Å². The Kier molecular flexibility index (Phi) is 9.45. The third kappa shape index (κ3) is 6.28. The summed E-state index contributed by atoms with van der Waals surface area (Å²) in [5.41, 5.74) is 3.74. The first-order chi connectivity index (χ1) is 17.1. The van der Waals surface area contributed by atoms with Crippen molar-refractivity contribution in [3.05, 3.63) is 41.5 Å². The number of azo groups is 1. The van der Waals surface area contributed by atoms with Gasteiger partial charge in [0.2, 0.25) is 11.7 Å². The fourth-order valence-corrected chi connectivity index (χ4v) is 3.61. The lowest BCUT2D eigenvalue weighted by molar-refractivity contribution is -0.117. The van der Waals surface area contributed by atoms with E-state index in [1.54, 1.807) is 41.6 Å². The van der Waals surface area contributed by atoms with Crippen molar-refractivity contribution >= 4 is 22.9 Å². The lowest BCUT2D eigenvalue weighted by Gasteiger charge is -2.15. The standard InChI is InChI=1S/C25H31N3O7/c1-30-10-11-35-9-8-23(29)27-19-12-16(6-7-20(19)31-2)18-15-26-28-24(18)17-13-21(32-3)25(34-5)22(14-17)33-4/h6-7,12-14H,8-11,15H2,1-5H3,(H,27,29). The summed E-state index contributed by atoms with van der Waals surface area (Å²) in [6, 6.07) is 9.23. The Hall–Kier alpha value is -3.63. The van der Waals surface area contributed by atoms with Crippen LogP contribution in [0.5, 0.6) is 23.0 Å². The summed E-state index contributed by atoms with van der Waals surface area (Å²) in [6.07, 6.45) is 0.209. The van der Waals surface area contributed by atoms with Crippen LogP contribution < -0.4 is 24.3 Å². The van der Waals surface area contributed by atoms with Crippen LogP contribution in [0.3, 0.4) is 0 Å². The molecule has 2 aromatic rings. The molecule has 0 saturated heterocycles. The van der Waals surface area contributed by atoms with Gasteiger partial charge in [0.05, 0.1) is 72.6 Å². The Labute approximate surface area is 204 Å². The molecule has 1 aliphatic heterocycles. The summed E-state index contributed by atoms with van der Waals surface area (Å²) in [5.74, 6) is 1.90. The van der Waals surface area contributed by atoms with Crippen LogP contribution in [-0.2, 0) is 14.3 Å². The van der Waals surface area contributed by atoms with Crippen molar-refractivity contribution in [1.29, 1.82) is 0 Å². The molecule has 1 heterocycles. The second kappa shape index (κ2) is 12.7. The van der Waals surface area contributed by atoms with E-state index in [0.717, 1.165) is 16.7 Å². The Morgan fingerprint density at radius 3 is 2.20 bits per heavy atom. The van der Waals surface area contributed by atoms with E-state index in [-0.39, 0.29) is 12.3 Å². The monoisotopic (exact) mass is 485 g/mol. The first-order valence-corrected chi connectivity index (χ1v) is 11.0. The van der Waals surface area contributed by atoms with Crippen molar-refractivity contribution < 1.29 is 33.2 Å². The Balaban J connectivity index is 1.89. The molecular formula is C25H31N3O7. The number of rotatable bonds is 13. The number of nitrogens with zero attached hydrogens (tertiary/aromatic N) is 2. The van der Waals surface area contributed by atoms with Gasteiger partial charge in [-0.25, -0.2) is 0 Å². The number of hydrogen-bond acceptors (Lipinski definition) is 9. The molecule has 2 aromatic carbocycles. The van der Waals surface area contributed by atoms with Gasteiger partial charge in [-0.1, -0.05) is 6.07 Å². The molecule has 0 unspecified atom stereocenters. The molecule has 0 atom stereocenters. The van der Waals surface area contributed by atoms with E-state index in [4.69, 9.17) is 28.4 Å². The average Bonchev–Trinajstić information content (AvgIpc) is 3.37. The van der Waals surface area contributed by atoms with Crippen molar-refractivity contribution in [2.24, 2.45) is 10.2 Å². The number of ether oxygens (including phenoxy) is 6. The van der Waals surface area contributed by atoms with Crippen molar-refractivity contribution in [2.45, 2.75) is 6.42 Å². The van der Waals surface area contributed by atoms with Gasteiger partial charge in [0.15, 0.2) is 11.5 Å². The summed E-state index contributed by atoms with van der Waals surface area (Å²) in [4.78, 5) is 12.5. The van der Waals surface area contributed by atoms with E-state index >= 15 is 0 Å². The first-order valence-electron chi connectivity index (χ1n) is 11.0. The molecule has 188 valence electrons. The van der Waals surface area contributed by atoms with E-state index in [0.29, 0.717) is 60.7 Å². The highest BCUT2D eigenvalue weighted by atomic mass is 16.5. The third-order valence-electron chi connectivity index (χ3n) is 5.35. The molecule has 1 amide bonds. The molecule has 10 heteroatoms. The van der Waals surface area contributed by atoms with E-state index in [1.807, 2.05) is 24.3 Å². The van der Waals surface area contributed by atoms with Crippen molar-refractivity contribution in [2.75, 3.05) is 67.2 Å². The number of amides is 1. The summed E-state index contributed by atoms with van der Waals surface area (Å²) in [6.45, 7) is 1.61. The highest BCUT2D eigenvalue weighted by Gasteiger charge is 2.22. The minimum Gasteiger partial charge on any atom is -0.495 e. The number of nitrogens with one attached hydrogen (secondary N) is 1. The molecule has 0 fully saturated rings. The largest absolute Gasteiger partial charge is 0.495 e. The predicted molar refractivity (Wildman–Crippen MR) is 132 cm³/mol. The molecular weight excluding hydrogens is 454 g/mol. The lowest BCUT2D eigenvalue weighted by Crippen LogP contribution is -2.16. The number of hydrogen-bond donors (Lipinski definition) is 1. The molecule has 0 spiro atoms. The first kappa shape index (κ1) is 26.0. The SMILES string of the molecule is COCCOCCC(=O)Nc1cc(C2=C(c3cc(OC)c(OC)c(OC)c3)N=NC2)ccc1OC. The Morgan fingerprint density at radius 2 is 1.57 bits per heavy atom. The smallest absolute Gasteiger partial charge is 0.226 e. The van der Waals surface area contributed by atoms with Gasteiger partial charge in [0.1, 0.15) is 5.75 Å². The van der Waals surface area contributed by atoms with Crippen LogP contribution in [0.2, 0.25) is 0 Å². The number of benzene rings is 2. The van der Waals surface area contributed by atoms with Crippen LogP contribution in [0, 0.1) is 0 Å². The van der Waals surface area contributed by atoms with E-state index in [9.17, 15) is 4.79 Å². The molecule has 10 nitrogen and oxygen atoms in total. The average molecular weight is 486 g/mol. The summed E-state index contributed by atoms with van der Waals surface area (Å²) >= 11 is 0. The van der Waals surface area contributed by atoms with E-state index in [1.165, 1.54) is 0 Å². The molecule has 0 saturated carbocycles. The van der Waals surface area contributed by atoms with E-state index in [2.05, 4.69) is 15.5 Å². The predicted octanol–water partition coefficient (Wildman–Crippen LogP) is 4.05. The molecule has 1 aliphatic rings. The molecule has 0 bridgehead atoms. The second-order valence-electron chi connectivity index (χ2n) is 7.46. The van der Waals surface area contributed by atoms with Crippen molar-refractivity contribution in [3.63, 3.8) is 0 Å². The quantitative estimate of drug-likeness (QED) is 0.426. The number of carbonyl (C=O) groups excluding carboxylic acids is 1. The second-order valence-corrected chi connectivity index (χ2v) is 7.46. The van der Waals surface area contributed by atoms with Crippen molar-refractivity contribution in [1.82, 2.24) is 0 Å². The Bertz CT molecular complexity index is 1070. The van der Waals surface area contributed by atoms with Crippen LogP contribution >= 0.6 is 0 Å². The number of carbonyl (C=O) groups is 1. The molecule has 0 aliphatic carbocycles. The Morgan fingerprint density at radius 1 is 0.857 bits per heavy atom. The summed E-state index contributed by atoms with van der Waals surface area (Å²) < 4.78 is 32.2. The van der Waals surface area contributed by atoms with Gasteiger partial charge >= 0.3 is 0 Å². The fraction of sp³-hybridized carbons (Fsp3) is 0.400. The maximum Gasteiger partial charge on any atom is 0.226 e. The van der Waals surface area contributed by atoms with Crippen molar-refractivity contribution in [3.8, 4) is 23.0 Å². The van der Waals surface area contributed by atoms with Gasteiger partial charge in [-0.05, 0) is 29.8 Å². The fourth-order valence-electron chi connectivity index (χ4n) is 3.61. The molecule has 0 aromatic heterocycles. The third-order valence-corrected chi connectivity index (χ3v) is 5.35. The topological polar surface area (TPSA) is 109 Å². The van der Waals surface area contributed by atoms with Crippen LogP contribution in [0.4, 0.5) is 5.69 Å². The van der Waals surface area contributed by atoms with Gasteiger partial charge < -0.3 is 33.7 Å². The van der Waals surface area contributed by atoms with Gasteiger partial charge in [-0.2, -0.15) is 10.2 Å². The van der Waals surface area contributed by atoms with Gasteiger partial charge in [0, 0.05) is 18.2 Å². The number of anilines is 1. The molecule has 0 radical (unpaired) electrons. The highest BCUT2D eigenvalue weighted by Crippen LogP contribution is 2.43. The normalized spacial score (nSPS) is 12.6. The summed E-state index contributed by atoms with van der Waals surface area (Å²) in [5, 5.41) is 11.5. The molecule has 35 heavy (non-hydrogen) atoms. The van der Waals surface area contributed by atoms with Crippen LogP contribution in [0.25, 0.3) is 11.3 Å². The zero-order valence-electron chi connectivity index (χ0n) is 20.7. The van der Waals surface area contributed by atoms with Gasteiger partial charge in [0.25, 0.3) is 0 Å². The summed E-state index contributed by atoms with van der Waals surface area (Å²) in [7, 11) is 7.84. The zero-order valence-corrected chi connectivity index (χ0v) is 20.7. The minimum absolute atomic E-state index is 0.183. The van der Waals surface area contributed by atoms with Gasteiger partial charge in [-0.3, -0.25) is 4.79 Å². The number of methoxy groups -OCH3 is 5. The van der Waals surface area contributed by atoms with Crippen LogP contribution in [0.1, 0.15) is 17.5 Å². The lowest BCUT2D eigenvalue weighted by atomic mass is 9.99. The van der Waals surface area contributed by atoms with Crippen LogP contribution in [-0.4, -0.2) is 67.8 Å².